The van der Waals surface area contributed by atoms with E-state index >= 15 is 0 Å². The van der Waals surface area contributed by atoms with E-state index in [1.54, 1.807) is 36.9 Å². The minimum absolute atomic E-state index is 0.0619. The number of amides is 3. The Bertz CT molecular complexity index is 1300. The van der Waals surface area contributed by atoms with E-state index < -0.39 is 35.0 Å². The molecule has 38 heavy (non-hydrogen) atoms. The molecule has 1 aliphatic carbocycles. The van der Waals surface area contributed by atoms with Gasteiger partial charge in [0.2, 0.25) is 17.7 Å². The second-order valence-corrected chi connectivity index (χ2v) is 11.5. The van der Waals surface area contributed by atoms with E-state index in [1.807, 2.05) is 24.3 Å². The van der Waals surface area contributed by atoms with Gasteiger partial charge in [0, 0.05) is 23.7 Å². The lowest BCUT2D eigenvalue weighted by atomic mass is 9.70. The molecule has 9 nitrogen and oxygen atoms in total. The van der Waals surface area contributed by atoms with Crippen molar-refractivity contribution in [2.75, 3.05) is 5.32 Å². The Kier molecular flexibility index (Phi) is 6.11. The van der Waals surface area contributed by atoms with Gasteiger partial charge in [-0.2, -0.15) is 0 Å². The molecule has 6 rings (SSSR count). The molecule has 2 aromatic rings. The Balaban J connectivity index is 1.35. The first-order valence-corrected chi connectivity index (χ1v) is 13.6. The number of rotatable bonds is 6. The van der Waals surface area contributed by atoms with Crippen molar-refractivity contribution < 1.29 is 23.6 Å². The maximum Gasteiger partial charge on any atom is 0.246 e. The summed E-state index contributed by atoms with van der Waals surface area (Å²) in [5.41, 5.74) is -1.46. The van der Waals surface area contributed by atoms with Crippen LogP contribution in [-0.2, 0) is 25.7 Å². The largest absolute Gasteiger partial charge is 0.360 e. The minimum Gasteiger partial charge on any atom is -0.360 e. The van der Waals surface area contributed by atoms with E-state index in [0.29, 0.717) is 10.8 Å². The number of aryl methyl sites for hydroxylation is 1. The van der Waals surface area contributed by atoms with Crippen molar-refractivity contribution in [3.05, 3.63) is 58.8 Å². The summed E-state index contributed by atoms with van der Waals surface area (Å²) in [6, 6.07) is 7.95. The van der Waals surface area contributed by atoms with Crippen LogP contribution in [0.4, 0.5) is 5.82 Å². The van der Waals surface area contributed by atoms with Gasteiger partial charge in [0.05, 0.1) is 17.4 Å². The molecule has 10 heteroatoms. The maximum atomic E-state index is 14.2. The summed E-state index contributed by atoms with van der Waals surface area (Å²) >= 11 is 6.08. The Morgan fingerprint density at radius 2 is 1.87 bits per heavy atom. The quantitative estimate of drug-likeness (QED) is 0.541. The van der Waals surface area contributed by atoms with Crippen molar-refractivity contribution in [3.8, 4) is 0 Å². The highest BCUT2D eigenvalue weighted by molar-refractivity contribution is 6.30. The van der Waals surface area contributed by atoms with E-state index in [4.69, 9.17) is 20.9 Å². The Labute approximate surface area is 225 Å². The number of carbonyl (C=O) groups excluding carboxylic acids is 3. The molecule has 3 fully saturated rings. The van der Waals surface area contributed by atoms with Gasteiger partial charge in [-0.25, -0.2) is 0 Å². The van der Waals surface area contributed by atoms with Crippen LogP contribution in [0.1, 0.15) is 50.4 Å². The zero-order valence-corrected chi connectivity index (χ0v) is 22.2. The number of nitrogens with one attached hydrogen (secondary N) is 2. The SMILES string of the molecule is Cc1cc(NC(=O)[C@@H]2[C@H]3C(=O)N(Cc4ccc(Cl)cc4)[C@H](C(=O)NC4CCCCC4)[C@@]34C=C[C@@]2(C)O4)no1. The van der Waals surface area contributed by atoms with Crippen LogP contribution in [0, 0.1) is 18.8 Å². The number of likely N-dealkylation sites (tertiary alicyclic amines) is 1. The van der Waals surface area contributed by atoms with Crippen molar-refractivity contribution in [2.45, 2.75) is 75.8 Å². The third-order valence-corrected chi connectivity index (χ3v) is 8.68. The number of anilines is 1. The number of nitrogens with zero attached hydrogens (tertiary/aromatic N) is 2. The molecule has 1 aromatic carbocycles. The molecule has 1 spiro atoms. The third kappa shape index (κ3) is 4.03. The van der Waals surface area contributed by atoms with Crippen molar-refractivity contribution in [1.29, 1.82) is 0 Å². The monoisotopic (exact) mass is 538 g/mol. The molecule has 3 aliphatic heterocycles. The number of fused-ring (bicyclic) bond motifs is 1. The molecule has 0 unspecified atom stereocenters. The Hall–Kier alpha value is -3.17. The molecule has 2 bridgehead atoms. The smallest absolute Gasteiger partial charge is 0.246 e. The molecule has 1 aromatic heterocycles. The molecule has 4 heterocycles. The van der Waals surface area contributed by atoms with Crippen molar-refractivity contribution >= 4 is 35.1 Å². The summed E-state index contributed by atoms with van der Waals surface area (Å²) in [6.07, 6.45) is 8.76. The number of benzene rings is 1. The molecule has 200 valence electrons. The molecule has 2 N–H and O–H groups in total. The standard InChI is InChI=1S/C28H31ClN4O5/c1-16-14-20(32-37-16)31-24(34)21-22-26(36)33(15-17-8-10-18(29)11-9-17)23(28(22)13-12-27(21,2)38-28)25(35)30-19-6-4-3-5-7-19/h8-14,19,21-23H,3-7,15H2,1-2H3,(H,30,35)(H,31,32,34)/t21-,22-,23+,27+,28+/m0/s1. The summed E-state index contributed by atoms with van der Waals surface area (Å²) < 4.78 is 11.7. The van der Waals surface area contributed by atoms with E-state index in [1.165, 1.54) is 0 Å². The highest BCUT2D eigenvalue weighted by atomic mass is 35.5. The number of hydrogen-bond donors (Lipinski definition) is 2. The molecular weight excluding hydrogens is 508 g/mol. The fraction of sp³-hybridized carbons (Fsp3) is 0.500. The first-order valence-electron chi connectivity index (χ1n) is 13.2. The van der Waals surface area contributed by atoms with Gasteiger partial charge in [-0.3, -0.25) is 14.4 Å². The average Bonchev–Trinajstić information content (AvgIpc) is 3.58. The van der Waals surface area contributed by atoms with Gasteiger partial charge in [0.1, 0.15) is 17.4 Å². The second kappa shape index (κ2) is 9.24. The van der Waals surface area contributed by atoms with Crippen LogP contribution < -0.4 is 10.6 Å². The summed E-state index contributed by atoms with van der Waals surface area (Å²) in [7, 11) is 0. The van der Waals surface area contributed by atoms with Crippen molar-refractivity contribution in [3.63, 3.8) is 0 Å². The minimum atomic E-state index is -1.25. The molecule has 4 aliphatic rings. The van der Waals surface area contributed by atoms with Gasteiger partial charge < -0.3 is 24.8 Å². The second-order valence-electron chi connectivity index (χ2n) is 11.1. The highest BCUT2D eigenvalue weighted by Gasteiger charge is 2.76. The number of ether oxygens (including phenoxy) is 1. The van der Waals surface area contributed by atoms with Crippen LogP contribution in [0.25, 0.3) is 0 Å². The lowest BCUT2D eigenvalue weighted by Crippen LogP contribution is -2.56. The summed E-state index contributed by atoms with van der Waals surface area (Å²) in [5, 5.41) is 10.4. The highest BCUT2D eigenvalue weighted by Crippen LogP contribution is 2.60. The van der Waals surface area contributed by atoms with Crippen molar-refractivity contribution in [2.24, 2.45) is 11.8 Å². The normalized spacial score (nSPS) is 32.0. The lowest BCUT2D eigenvalue weighted by molar-refractivity contribution is -0.145. The van der Waals surface area contributed by atoms with Gasteiger partial charge >= 0.3 is 0 Å². The van der Waals surface area contributed by atoms with Gasteiger partial charge in [-0.15, -0.1) is 0 Å². The molecule has 1 saturated carbocycles. The molecule has 2 saturated heterocycles. The zero-order chi connectivity index (χ0) is 26.7. The zero-order valence-electron chi connectivity index (χ0n) is 21.4. The van der Waals surface area contributed by atoms with Gasteiger partial charge in [0.25, 0.3) is 0 Å². The first-order chi connectivity index (χ1) is 18.2. The summed E-state index contributed by atoms with van der Waals surface area (Å²) in [6.45, 7) is 3.72. The predicted octanol–water partition coefficient (Wildman–Crippen LogP) is 3.76. The number of carbonyl (C=O) groups is 3. The van der Waals surface area contributed by atoms with E-state index in [2.05, 4.69) is 15.8 Å². The molecule has 0 radical (unpaired) electrons. The third-order valence-electron chi connectivity index (χ3n) is 8.42. The van der Waals surface area contributed by atoms with E-state index in [-0.39, 0.29) is 30.2 Å². The van der Waals surface area contributed by atoms with Gasteiger partial charge in [-0.05, 0) is 44.4 Å². The summed E-state index contributed by atoms with van der Waals surface area (Å²) in [5.74, 6) is -1.82. The fourth-order valence-electron chi connectivity index (χ4n) is 6.74. The van der Waals surface area contributed by atoms with Crippen LogP contribution in [0.5, 0.6) is 0 Å². The topological polar surface area (TPSA) is 114 Å². The maximum absolute atomic E-state index is 14.2. The van der Waals surface area contributed by atoms with Crippen LogP contribution in [0.3, 0.4) is 0 Å². The molecular formula is C28H31ClN4O5. The van der Waals surface area contributed by atoms with Gasteiger partial charge in [-0.1, -0.05) is 60.3 Å². The Morgan fingerprint density at radius 3 is 2.55 bits per heavy atom. The lowest BCUT2D eigenvalue weighted by Gasteiger charge is -2.34. The number of aromatic nitrogens is 1. The first kappa shape index (κ1) is 25.1. The van der Waals surface area contributed by atoms with Crippen LogP contribution in [-0.4, -0.2) is 51.1 Å². The Morgan fingerprint density at radius 1 is 1.13 bits per heavy atom. The van der Waals surface area contributed by atoms with Crippen molar-refractivity contribution in [1.82, 2.24) is 15.4 Å². The van der Waals surface area contributed by atoms with E-state index in [0.717, 1.165) is 37.7 Å². The molecule has 5 atom stereocenters. The van der Waals surface area contributed by atoms with Crippen LogP contribution in [0.2, 0.25) is 5.02 Å². The van der Waals surface area contributed by atoms with Crippen LogP contribution in [0.15, 0.2) is 47.0 Å². The molecule has 3 amide bonds. The predicted molar refractivity (Wildman–Crippen MR) is 139 cm³/mol. The van der Waals surface area contributed by atoms with E-state index in [9.17, 15) is 14.4 Å². The fourth-order valence-corrected chi connectivity index (χ4v) is 6.87. The average molecular weight is 539 g/mol. The van der Waals surface area contributed by atoms with Gasteiger partial charge in [0.15, 0.2) is 5.82 Å². The summed E-state index contributed by atoms with van der Waals surface area (Å²) in [4.78, 5) is 43.3. The number of hydrogen-bond acceptors (Lipinski definition) is 6. The number of halogens is 1. The van der Waals surface area contributed by atoms with Crippen LogP contribution >= 0.6 is 11.6 Å².